The summed E-state index contributed by atoms with van der Waals surface area (Å²) in [6.45, 7) is 14.4. The second kappa shape index (κ2) is 20.8. The lowest BCUT2D eigenvalue weighted by molar-refractivity contribution is 0.0982. The molecule has 2 aromatic carbocycles. The van der Waals surface area contributed by atoms with Crippen LogP contribution < -0.4 is 36.4 Å². The van der Waals surface area contributed by atoms with Crippen molar-refractivity contribution in [3.8, 4) is 11.5 Å². The molecule has 9 rings (SSSR count). The molecule has 0 atom stereocenters. The number of methoxy groups -OCH3 is 1. The first-order chi connectivity index (χ1) is 34.3. The van der Waals surface area contributed by atoms with Gasteiger partial charge in [-0.25, -0.2) is 4.98 Å². The van der Waals surface area contributed by atoms with Crippen LogP contribution in [0.4, 0.5) is 5.95 Å². The summed E-state index contributed by atoms with van der Waals surface area (Å²) in [5.74, 6) is 1.23. The van der Waals surface area contributed by atoms with Crippen molar-refractivity contribution in [3.63, 3.8) is 0 Å². The third-order valence-corrected chi connectivity index (χ3v) is 13.9. The van der Waals surface area contributed by atoms with Crippen molar-refractivity contribution in [1.82, 2.24) is 58.7 Å². The zero-order valence-corrected chi connectivity index (χ0v) is 41.3. The van der Waals surface area contributed by atoms with Crippen molar-refractivity contribution in [2.24, 2.45) is 16.5 Å². The number of nitrogens with one attached hydrogen (secondary N) is 2. The molecule has 23 heteroatoms. The predicted octanol–water partition coefficient (Wildman–Crippen LogP) is 3.90. The van der Waals surface area contributed by atoms with E-state index in [-0.39, 0.29) is 30.2 Å². The molecule has 71 heavy (non-hydrogen) atoms. The molecule has 2 aliphatic heterocycles. The second-order valence-corrected chi connectivity index (χ2v) is 18.6. The van der Waals surface area contributed by atoms with Crippen molar-refractivity contribution in [2.45, 2.75) is 92.1 Å². The Labute approximate surface area is 412 Å². The molecule has 0 saturated carbocycles. The van der Waals surface area contributed by atoms with Crippen LogP contribution >= 0.6 is 11.3 Å². The number of piperidine rings is 1. The zero-order valence-electron chi connectivity index (χ0n) is 40.5. The van der Waals surface area contributed by atoms with E-state index in [0.29, 0.717) is 85.9 Å². The molecule has 0 bridgehead atoms. The molecule has 4 amide bonds. The molecule has 7 heterocycles. The molecular weight excluding hydrogens is 929 g/mol. The van der Waals surface area contributed by atoms with Crippen molar-refractivity contribution in [2.75, 3.05) is 45.2 Å². The summed E-state index contributed by atoms with van der Waals surface area (Å²) in [5.41, 5.74) is 15.6. The number of primary amides is 2. The van der Waals surface area contributed by atoms with E-state index in [1.807, 2.05) is 44.4 Å². The van der Waals surface area contributed by atoms with Crippen molar-refractivity contribution in [3.05, 3.63) is 98.9 Å². The molecular formula is C48H58N16O6S. The van der Waals surface area contributed by atoms with Gasteiger partial charge in [0.25, 0.3) is 11.8 Å². The van der Waals surface area contributed by atoms with Gasteiger partial charge in [0.05, 0.1) is 41.9 Å². The van der Waals surface area contributed by atoms with Gasteiger partial charge in [-0.2, -0.15) is 15.2 Å². The Balaban J connectivity index is 1.01. The highest BCUT2D eigenvalue weighted by molar-refractivity contribution is 7.16. The number of ether oxygens (including phenoxy) is 2. The van der Waals surface area contributed by atoms with Crippen LogP contribution in [0.2, 0.25) is 0 Å². The number of nitrogens with two attached hydrogens (primary N) is 2. The summed E-state index contributed by atoms with van der Waals surface area (Å²) < 4.78 is 22.1. The van der Waals surface area contributed by atoms with E-state index in [0.717, 1.165) is 70.2 Å². The number of imidazole rings is 1. The zero-order chi connectivity index (χ0) is 49.9. The van der Waals surface area contributed by atoms with Gasteiger partial charge in [0.2, 0.25) is 17.8 Å². The Morgan fingerprint density at radius 3 is 2.24 bits per heavy atom. The maximum atomic E-state index is 14.0. The van der Waals surface area contributed by atoms with Crippen LogP contribution in [0.15, 0.2) is 53.5 Å². The van der Waals surface area contributed by atoms with Crippen LogP contribution in [-0.2, 0) is 39.3 Å². The number of carbonyl (C=O) groups excluding carboxylic acids is 4. The highest BCUT2D eigenvalue weighted by atomic mass is 32.1. The minimum Gasteiger partial charge on any atom is -0.494 e. The summed E-state index contributed by atoms with van der Waals surface area (Å²) in [6.07, 6.45) is 6.51. The first-order valence-electron chi connectivity index (χ1n) is 23.8. The number of aryl methyl sites for hydroxylation is 4. The van der Waals surface area contributed by atoms with Gasteiger partial charge in [0.1, 0.15) is 45.6 Å². The highest BCUT2D eigenvalue weighted by Gasteiger charge is 2.28. The van der Waals surface area contributed by atoms with Crippen molar-refractivity contribution >= 4 is 62.2 Å². The number of nitrogens with zero attached hydrogens (tertiary/aromatic N) is 12. The number of hydrogen-bond donors (Lipinski definition) is 4. The molecule has 2 aliphatic rings. The number of aromatic nitrogens is 10. The lowest BCUT2D eigenvalue weighted by Gasteiger charge is -2.32. The predicted molar refractivity (Wildman–Crippen MR) is 266 cm³/mol. The van der Waals surface area contributed by atoms with Gasteiger partial charge >= 0.3 is 0 Å². The van der Waals surface area contributed by atoms with Gasteiger partial charge in [-0.05, 0) is 96.4 Å². The first kappa shape index (κ1) is 48.5. The number of benzene rings is 2. The van der Waals surface area contributed by atoms with Crippen molar-refractivity contribution < 1.29 is 28.7 Å². The van der Waals surface area contributed by atoms with Gasteiger partial charge in [-0.3, -0.25) is 33.9 Å². The molecule has 22 nitrogen and oxygen atoms in total. The van der Waals surface area contributed by atoms with E-state index in [1.54, 1.807) is 44.3 Å². The molecule has 6 N–H and O–H groups in total. The summed E-state index contributed by atoms with van der Waals surface area (Å²) in [7, 11) is 1.48. The Bertz CT molecular complexity index is 3270. The number of allylic oxidation sites excluding steroid dienone is 2. The lowest BCUT2D eigenvalue weighted by Crippen LogP contribution is -2.36. The van der Waals surface area contributed by atoms with Gasteiger partial charge in [0.15, 0.2) is 4.80 Å². The molecule has 1 fully saturated rings. The minimum atomic E-state index is -0.663. The van der Waals surface area contributed by atoms with E-state index in [4.69, 9.17) is 25.9 Å². The second-order valence-electron chi connectivity index (χ2n) is 17.6. The van der Waals surface area contributed by atoms with E-state index < -0.39 is 23.6 Å². The molecule has 1 saturated heterocycles. The van der Waals surface area contributed by atoms with Gasteiger partial charge in [-0.15, -0.1) is 10.2 Å². The number of amides is 4. The Morgan fingerprint density at radius 2 is 1.54 bits per heavy atom. The molecule has 372 valence electrons. The normalized spacial score (nSPS) is 14.7. The minimum absolute atomic E-state index is 0.179. The van der Waals surface area contributed by atoms with E-state index in [2.05, 4.69) is 45.5 Å². The Morgan fingerprint density at radius 1 is 0.859 bits per heavy atom. The average molecular weight is 987 g/mol. The third-order valence-electron chi connectivity index (χ3n) is 12.8. The van der Waals surface area contributed by atoms with E-state index in [9.17, 15) is 19.2 Å². The summed E-state index contributed by atoms with van der Waals surface area (Å²) in [4.78, 5) is 65.0. The fraction of sp³-hybridized carbons (Fsp3) is 0.417. The van der Waals surface area contributed by atoms with Crippen LogP contribution in [-0.4, -0.2) is 117 Å². The molecule has 0 unspecified atom stereocenters. The monoisotopic (exact) mass is 986 g/mol. The van der Waals surface area contributed by atoms with Gasteiger partial charge in [0, 0.05) is 62.9 Å². The number of thiazole rings is 1. The number of anilines is 1. The van der Waals surface area contributed by atoms with Gasteiger partial charge < -0.3 is 44.9 Å². The van der Waals surface area contributed by atoms with Crippen LogP contribution in [0, 0.1) is 13.8 Å². The standard InChI is InChI=1S/C48H58N16O6S/c1-6-63-34(21-28(3)57-63)45(67)53-47-52-33-23-31(42(49)65)24-36(69-5)40(33)61(47)15-8-9-16-62-41-37(70-20-10-14-59-17-11-30(12-18-59)44-56-55-39-27-51-13-19-60(39)44)25-32(43(50)66)26-38(41)71-48(62)54-46(68)35-22-29(4)58-64(35)7-2/h8-9,21-26,30,51H,6-7,10-20,27H2,1-5H3,(H2,49,65)(H2,50,66)(H,52,53,67)/b9-8+,54-48?. The van der Waals surface area contributed by atoms with Crippen LogP contribution in [0.5, 0.6) is 11.5 Å². The summed E-state index contributed by atoms with van der Waals surface area (Å²) >= 11 is 1.24. The fourth-order valence-corrected chi connectivity index (χ4v) is 10.5. The quantitative estimate of drug-likeness (QED) is 0.0703. The molecule has 0 spiro atoms. The van der Waals surface area contributed by atoms with Gasteiger partial charge in [-0.1, -0.05) is 23.5 Å². The number of rotatable bonds is 18. The van der Waals surface area contributed by atoms with E-state index in [1.165, 1.54) is 24.5 Å². The largest absolute Gasteiger partial charge is 0.494 e. The first-order valence-corrected chi connectivity index (χ1v) is 24.6. The van der Waals surface area contributed by atoms with Crippen LogP contribution in [0.25, 0.3) is 21.3 Å². The van der Waals surface area contributed by atoms with Crippen molar-refractivity contribution in [1.29, 1.82) is 0 Å². The highest BCUT2D eigenvalue weighted by Crippen LogP contribution is 2.33. The molecule has 7 aromatic rings. The maximum Gasteiger partial charge on any atom is 0.297 e. The smallest absolute Gasteiger partial charge is 0.297 e. The Kier molecular flexibility index (Phi) is 14.2. The lowest BCUT2D eigenvalue weighted by atomic mass is 9.95. The summed E-state index contributed by atoms with van der Waals surface area (Å²) in [6, 6.07) is 9.82. The number of likely N-dealkylation sites (tertiary alicyclic amines) is 1. The topological polar surface area (TPSA) is 268 Å². The molecule has 0 aliphatic carbocycles. The van der Waals surface area contributed by atoms with Crippen LogP contribution in [0.1, 0.15) is 104 Å². The molecule has 0 radical (unpaired) electrons. The third kappa shape index (κ3) is 10.1. The number of hydrogen-bond acceptors (Lipinski definition) is 14. The maximum absolute atomic E-state index is 14.0. The Hall–Kier alpha value is -7.50. The SMILES string of the molecule is CCn1nc(C)cc1C(=O)N=c1sc2cc(C(N)=O)cc(OCCCN3CCC(c4nnc5n4CCNC5)CC3)c2n1C/C=C/Cn1c(NC(=O)c2cc(C)nn2CC)nc2cc(C(N)=O)cc(OC)c21. The summed E-state index contributed by atoms with van der Waals surface area (Å²) in [5, 5.41) is 24.2. The van der Waals surface area contributed by atoms with E-state index >= 15 is 0 Å². The average Bonchev–Trinajstić information content (AvgIpc) is 4.20. The molecule has 5 aromatic heterocycles. The number of fused-ring (bicyclic) bond motifs is 3. The van der Waals surface area contributed by atoms with Crippen LogP contribution in [0.3, 0.4) is 0 Å². The number of carbonyl (C=O) groups is 4. The fourth-order valence-electron chi connectivity index (χ4n) is 9.38.